The summed E-state index contributed by atoms with van der Waals surface area (Å²) in [6, 6.07) is 8.40. The van der Waals surface area contributed by atoms with Crippen LogP contribution >= 0.6 is 0 Å². The smallest absolute Gasteiger partial charge is 0.119 e. The van der Waals surface area contributed by atoms with Gasteiger partial charge in [-0.3, -0.25) is 0 Å². The minimum absolute atomic E-state index is 0.806. The second-order valence-corrected chi connectivity index (χ2v) is 6.01. The first-order valence-electron chi connectivity index (χ1n) is 8.56. The van der Waals surface area contributed by atoms with E-state index in [0.29, 0.717) is 0 Å². The molecule has 0 saturated carbocycles. The lowest BCUT2D eigenvalue weighted by molar-refractivity contribution is 0.305. The average molecular weight is 290 g/mol. The first-order valence-corrected chi connectivity index (χ1v) is 8.56. The Morgan fingerprint density at radius 2 is 1.86 bits per heavy atom. The summed E-state index contributed by atoms with van der Waals surface area (Å²) in [7, 11) is 0. The number of anilines is 1. The van der Waals surface area contributed by atoms with Crippen LogP contribution in [0.4, 0.5) is 5.69 Å². The summed E-state index contributed by atoms with van der Waals surface area (Å²) in [6.07, 6.45) is 7.58. The van der Waals surface area contributed by atoms with Gasteiger partial charge in [-0.1, -0.05) is 26.2 Å². The average Bonchev–Trinajstić information content (AvgIpc) is 2.55. The molecule has 0 aromatic heterocycles. The molecule has 0 spiro atoms. The van der Waals surface area contributed by atoms with Gasteiger partial charge in [0.05, 0.1) is 6.61 Å². The highest BCUT2D eigenvalue weighted by molar-refractivity contribution is 5.46. The van der Waals surface area contributed by atoms with Crippen LogP contribution in [0.2, 0.25) is 0 Å². The van der Waals surface area contributed by atoms with Gasteiger partial charge < -0.3 is 15.4 Å². The van der Waals surface area contributed by atoms with E-state index in [1.165, 1.54) is 37.8 Å². The summed E-state index contributed by atoms with van der Waals surface area (Å²) >= 11 is 0. The maximum atomic E-state index is 5.77. The van der Waals surface area contributed by atoms with E-state index >= 15 is 0 Å². The number of nitrogens with one attached hydrogen (secondary N) is 2. The van der Waals surface area contributed by atoms with Crippen molar-refractivity contribution in [2.24, 2.45) is 5.92 Å². The lowest BCUT2D eigenvalue weighted by Crippen LogP contribution is -2.31. The lowest BCUT2D eigenvalue weighted by atomic mass is 9.98. The van der Waals surface area contributed by atoms with Gasteiger partial charge in [-0.05, 0) is 62.5 Å². The normalized spacial score (nSPS) is 15.9. The zero-order chi connectivity index (χ0) is 14.8. The molecule has 1 aromatic rings. The van der Waals surface area contributed by atoms with E-state index in [0.717, 1.165) is 44.3 Å². The zero-order valence-electron chi connectivity index (χ0n) is 13.4. The topological polar surface area (TPSA) is 33.3 Å². The first-order chi connectivity index (χ1) is 10.4. The fraction of sp³-hybridized carbons (Fsp3) is 0.667. The lowest BCUT2D eigenvalue weighted by Gasteiger charge is -2.23. The molecule has 3 heteroatoms. The van der Waals surface area contributed by atoms with Crippen molar-refractivity contribution >= 4 is 5.69 Å². The number of ether oxygens (including phenoxy) is 1. The molecule has 2 rings (SSSR count). The van der Waals surface area contributed by atoms with Crippen molar-refractivity contribution in [3.05, 3.63) is 24.3 Å². The maximum Gasteiger partial charge on any atom is 0.119 e. The monoisotopic (exact) mass is 290 g/mol. The van der Waals surface area contributed by atoms with Gasteiger partial charge in [0.1, 0.15) is 5.75 Å². The molecule has 0 radical (unpaired) electrons. The molecule has 2 N–H and O–H groups in total. The van der Waals surface area contributed by atoms with Gasteiger partial charge in [0.25, 0.3) is 0 Å². The number of unbranched alkanes of at least 4 members (excludes halogenated alkanes) is 3. The molecule has 0 bridgehead atoms. The van der Waals surface area contributed by atoms with Gasteiger partial charge in [-0.2, -0.15) is 0 Å². The second kappa shape index (κ2) is 9.67. The third kappa shape index (κ3) is 6.38. The Bertz CT molecular complexity index is 371. The third-order valence-electron chi connectivity index (χ3n) is 4.17. The molecular formula is C18H30N2O. The standard InChI is InChI=1S/C18H30N2O/c1-2-3-4-5-14-21-18-8-6-17(7-9-18)20-15-16-10-12-19-13-11-16/h6-9,16,19-20H,2-5,10-15H2,1H3. The summed E-state index contributed by atoms with van der Waals surface area (Å²) in [6.45, 7) is 6.48. The first kappa shape index (κ1) is 16.2. The molecule has 118 valence electrons. The molecule has 0 aliphatic carbocycles. The van der Waals surface area contributed by atoms with Gasteiger partial charge in [0.2, 0.25) is 0 Å². The molecule has 21 heavy (non-hydrogen) atoms. The van der Waals surface area contributed by atoms with Gasteiger partial charge in [0.15, 0.2) is 0 Å². The molecule has 1 aromatic carbocycles. The summed E-state index contributed by atoms with van der Waals surface area (Å²) in [5, 5.41) is 6.95. The Morgan fingerprint density at radius 1 is 1.10 bits per heavy atom. The summed E-state index contributed by atoms with van der Waals surface area (Å²) < 4.78 is 5.77. The molecule has 0 atom stereocenters. The Morgan fingerprint density at radius 3 is 2.57 bits per heavy atom. The van der Waals surface area contributed by atoms with Crippen LogP contribution in [0.25, 0.3) is 0 Å². The quantitative estimate of drug-likeness (QED) is 0.673. The highest BCUT2D eigenvalue weighted by Gasteiger charge is 2.12. The van der Waals surface area contributed by atoms with Crippen LogP contribution in [0.15, 0.2) is 24.3 Å². The fourth-order valence-electron chi connectivity index (χ4n) is 2.74. The molecule has 1 aliphatic heterocycles. The van der Waals surface area contributed by atoms with Crippen molar-refractivity contribution in [1.82, 2.24) is 5.32 Å². The van der Waals surface area contributed by atoms with Crippen molar-refractivity contribution in [1.29, 1.82) is 0 Å². The predicted molar refractivity (Wildman–Crippen MR) is 90.2 cm³/mol. The third-order valence-corrected chi connectivity index (χ3v) is 4.17. The van der Waals surface area contributed by atoms with E-state index < -0.39 is 0 Å². The number of hydrogen-bond donors (Lipinski definition) is 2. The van der Waals surface area contributed by atoms with Crippen LogP contribution < -0.4 is 15.4 Å². The Kier molecular flexibility index (Phi) is 7.44. The van der Waals surface area contributed by atoms with Gasteiger partial charge in [-0.25, -0.2) is 0 Å². The number of rotatable bonds is 9. The molecular weight excluding hydrogens is 260 g/mol. The molecule has 1 fully saturated rings. The highest BCUT2D eigenvalue weighted by atomic mass is 16.5. The second-order valence-electron chi connectivity index (χ2n) is 6.01. The van der Waals surface area contributed by atoms with Crippen LogP contribution in [0.1, 0.15) is 45.4 Å². The minimum Gasteiger partial charge on any atom is -0.494 e. The number of benzene rings is 1. The molecule has 3 nitrogen and oxygen atoms in total. The van der Waals surface area contributed by atoms with E-state index in [-0.39, 0.29) is 0 Å². The Labute approximate surface area is 129 Å². The van der Waals surface area contributed by atoms with Crippen LogP contribution in [-0.2, 0) is 0 Å². The highest BCUT2D eigenvalue weighted by Crippen LogP contribution is 2.18. The van der Waals surface area contributed by atoms with Crippen molar-refractivity contribution in [3.8, 4) is 5.75 Å². The molecule has 1 heterocycles. The largest absolute Gasteiger partial charge is 0.494 e. The Balaban J connectivity index is 1.64. The van der Waals surface area contributed by atoms with Gasteiger partial charge in [0, 0.05) is 12.2 Å². The van der Waals surface area contributed by atoms with Crippen LogP contribution in [0.3, 0.4) is 0 Å². The van der Waals surface area contributed by atoms with E-state index in [4.69, 9.17) is 4.74 Å². The van der Waals surface area contributed by atoms with Crippen LogP contribution in [-0.4, -0.2) is 26.2 Å². The number of piperidine rings is 1. The van der Waals surface area contributed by atoms with Gasteiger partial charge in [-0.15, -0.1) is 0 Å². The van der Waals surface area contributed by atoms with E-state index in [1.54, 1.807) is 0 Å². The zero-order valence-corrected chi connectivity index (χ0v) is 13.4. The van der Waals surface area contributed by atoms with Gasteiger partial charge >= 0.3 is 0 Å². The van der Waals surface area contributed by atoms with Crippen molar-refractivity contribution in [3.63, 3.8) is 0 Å². The van der Waals surface area contributed by atoms with Crippen LogP contribution in [0, 0.1) is 5.92 Å². The molecule has 0 amide bonds. The van der Waals surface area contributed by atoms with Crippen LogP contribution in [0.5, 0.6) is 5.75 Å². The predicted octanol–water partition coefficient (Wildman–Crippen LogP) is 4.06. The summed E-state index contributed by atoms with van der Waals surface area (Å²) in [4.78, 5) is 0. The van der Waals surface area contributed by atoms with Crippen molar-refractivity contribution < 1.29 is 4.74 Å². The SMILES string of the molecule is CCCCCCOc1ccc(NCC2CCNCC2)cc1. The summed E-state index contributed by atoms with van der Waals surface area (Å²) in [5.41, 5.74) is 1.20. The van der Waals surface area contributed by atoms with E-state index in [9.17, 15) is 0 Å². The number of hydrogen-bond acceptors (Lipinski definition) is 3. The molecule has 1 saturated heterocycles. The minimum atomic E-state index is 0.806. The summed E-state index contributed by atoms with van der Waals surface area (Å²) in [5.74, 6) is 1.79. The fourth-order valence-corrected chi connectivity index (χ4v) is 2.74. The van der Waals surface area contributed by atoms with E-state index in [1.807, 2.05) is 0 Å². The maximum absolute atomic E-state index is 5.77. The van der Waals surface area contributed by atoms with Crippen molar-refractivity contribution in [2.45, 2.75) is 45.4 Å². The van der Waals surface area contributed by atoms with E-state index in [2.05, 4.69) is 41.8 Å². The molecule has 1 aliphatic rings. The van der Waals surface area contributed by atoms with Crippen molar-refractivity contribution in [2.75, 3.05) is 31.6 Å². The Hall–Kier alpha value is -1.22. The molecule has 0 unspecified atom stereocenters.